The lowest BCUT2D eigenvalue weighted by Crippen LogP contribution is -2.59. The van der Waals surface area contributed by atoms with Crippen LogP contribution in [0, 0.1) is 11.8 Å². The zero-order valence-electron chi connectivity index (χ0n) is 21.8. The largest absolute Gasteiger partial charge is 0.465 e. The van der Waals surface area contributed by atoms with Crippen LogP contribution in [-0.2, 0) is 23.9 Å². The van der Waals surface area contributed by atoms with Gasteiger partial charge in [0.2, 0.25) is 5.91 Å². The maximum Gasteiger partial charge on any atom is 0.313 e. The van der Waals surface area contributed by atoms with Crippen LogP contribution in [-0.4, -0.2) is 70.8 Å². The summed E-state index contributed by atoms with van der Waals surface area (Å²) in [6, 6.07) is 5.35. The minimum atomic E-state index is -1.41. The molecule has 0 saturated carbocycles. The van der Waals surface area contributed by atoms with Gasteiger partial charge >= 0.3 is 5.97 Å². The highest BCUT2D eigenvalue weighted by molar-refractivity contribution is 6.34. The Morgan fingerprint density at radius 1 is 1.08 bits per heavy atom. The first-order valence-electron chi connectivity index (χ1n) is 13.6. The minimum Gasteiger partial charge on any atom is -0.465 e. The molecule has 0 radical (unpaired) electrons. The number of hydrogen-bond acceptors (Lipinski definition) is 6. The van der Waals surface area contributed by atoms with E-state index in [4.69, 9.17) is 21.1 Å². The molecule has 0 bridgehead atoms. The van der Waals surface area contributed by atoms with Crippen LogP contribution in [0.25, 0.3) is 0 Å². The monoisotopic (exact) mass is 542 g/mol. The van der Waals surface area contributed by atoms with Crippen LogP contribution in [0.1, 0.15) is 46.0 Å². The fourth-order valence-corrected chi connectivity index (χ4v) is 6.91. The molecule has 4 aliphatic rings. The average Bonchev–Trinajstić information content (AvgIpc) is 3.27. The molecule has 9 heteroatoms. The first kappa shape index (κ1) is 26.9. The number of cyclic esters (lactones) is 1. The van der Waals surface area contributed by atoms with Crippen molar-refractivity contribution in [2.24, 2.45) is 11.8 Å². The van der Waals surface area contributed by atoms with Crippen LogP contribution in [0.2, 0.25) is 5.02 Å². The number of nitrogens with zero attached hydrogens (tertiary/aromatic N) is 2. The van der Waals surface area contributed by atoms with Gasteiger partial charge in [-0.05, 0) is 44.2 Å². The molecule has 204 valence electrons. The summed E-state index contributed by atoms with van der Waals surface area (Å²) in [6.45, 7) is 3.95. The van der Waals surface area contributed by atoms with E-state index < -0.39 is 41.1 Å². The Bertz CT molecular complexity index is 1170. The molecule has 1 unspecified atom stereocenters. The molecule has 2 amide bonds. The third kappa shape index (κ3) is 4.00. The maximum absolute atomic E-state index is 14.5. The van der Waals surface area contributed by atoms with Crippen molar-refractivity contribution in [3.05, 3.63) is 53.6 Å². The number of fused-ring (bicyclic) bond motifs is 2. The Balaban J connectivity index is 1.70. The van der Waals surface area contributed by atoms with Crippen molar-refractivity contribution in [1.29, 1.82) is 0 Å². The number of amides is 2. The second kappa shape index (κ2) is 10.5. The molecule has 1 aromatic rings. The SMILES string of the molecule is CC[C@@H](CO)N1C(=O)[C@@H]2[C@@H]3C(=O)OCCCC/C=C\[C@]3(CC)O[C@@]23C=CCN(c2ccccc2Cl)C(=O)C13. The molecule has 5 rings (SSSR count). The number of hydrogen-bond donors (Lipinski definition) is 1. The highest BCUT2D eigenvalue weighted by Gasteiger charge is 2.75. The Labute approximate surface area is 228 Å². The smallest absolute Gasteiger partial charge is 0.313 e. The van der Waals surface area contributed by atoms with Gasteiger partial charge in [-0.3, -0.25) is 14.4 Å². The topological polar surface area (TPSA) is 96.4 Å². The summed E-state index contributed by atoms with van der Waals surface area (Å²) in [7, 11) is 0. The zero-order valence-corrected chi connectivity index (χ0v) is 22.6. The average molecular weight is 543 g/mol. The van der Waals surface area contributed by atoms with E-state index in [1.165, 1.54) is 4.90 Å². The number of aliphatic hydroxyl groups is 1. The number of anilines is 1. The van der Waals surface area contributed by atoms with Gasteiger partial charge in [-0.15, -0.1) is 0 Å². The van der Waals surface area contributed by atoms with E-state index >= 15 is 0 Å². The number of esters is 1. The van der Waals surface area contributed by atoms with Crippen LogP contribution in [0.15, 0.2) is 48.6 Å². The number of halogens is 1. The minimum absolute atomic E-state index is 0.221. The summed E-state index contributed by atoms with van der Waals surface area (Å²) in [4.78, 5) is 45.5. The summed E-state index contributed by atoms with van der Waals surface area (Å²) >= 11 is 6.50. The summed E-state index contributed by atoms with van der Waals surface area (Å²) in [6.07, 6.45) is 10.8. The molecule has 0 aliphatic carbocycles. The summed E-state index contributed by atoms with van der Waals surface area (Å²) < 4.78 is 12.6. The fourth-order valence-electron chi connectivity index (χ4n) is 6.67. The van der Waals surface area contributed by atoms with E-state index in [0.717, 1.165) is 19.3 Å². The number of allylic oxidation sites excluding steroid dienone is 1. The molecular weight excluding hydrogens is 508 g/mol. The van der Waals surface area contributed by atoms with Gasteiger partial charge in [-0.2, -0.15) is 0 Å². The van der Waals surface area contributed by atoms with E-state index in [9.17, 15) is 19.5 Å². The normalized spacial score (nSPS) is 34.7. The predicted octanol–water partition coefficient (Wildman–Crippen LogP) is 3.66. The molecule has 2 fully saturated rings. The van der Waals surface area contributed by atoms with Gasteiger partial charge in [-0.1, -0.05) is 61.9 Å². The van der Waals surface area contributed by atoms with Gasteiger partial charge < -0.3 is 24.4 Å². The molecule has 4 heterocycles. The van der Waals surface area contributed by atoms with Crippen LogP contribution in [0.4, 0.5) is 5.69 Å². The number of likely N-dealkylation sites (tertiary alicyclic amines) is 1. The second-order valence-electron chi connectivity index (χ2n) is 10.5. The van der Waals surface area contributed by atoms with Crippen molar-refractivity contribution in [1.82, 2.24) is 4.90 Å². The molecule has 6 atom stereocenters. The summed E-state index contributed by atoms with van der Waals surface area (Å²) in [5.74, 6) is -3.13. The quantitative estimate of drug-likeness (QED) is 0.450. The summed E-state index contributed by atoms with van der Waals surface area (Å²) in [5.41, 5.74) is -2.00. The highest BCUT2D eigenvalue weighted by atomic mass is 35.5. The highest BCUT2D eigenvalue weighted by Crippen LogP contribution is 2.58. The molecule has 8 nitrogen and oxygen atoms in total. The molecule has 0 aromatic heterocycles. The summed E-state index contributed by atoms with van der Waals surface area (Å²) in [5, 5.41) is 10.7. The third-order valence-electron chi connectivity index (χ3n) is 8.54. The van der Waals surface area contributed by atoms with Crippen molar-refractivity contribution in [2.75, 3.05) is 24.7 Å². The zero-order chi connectivity index (χ0) is 27.1. The fraction of sp³-hybridized carbons (Fsp3) is 0.552. The number of aliphatic hydroxyl groups excluding tert-OH is 1. The van der Waals surface area contributed by atoms with Crippen molar-refractivity contribution in [2.45, 2.75) is 69.2 Å². The van der Waals surface area contributed by atoms with Gasteiger partial charge in [0, 0.05) is 6.54 Å². The molecule has 4 aliphatic heterocycles. The van der Waals surface area contributed by atoms with Crippen LogP contribution < -0.4 is 4.90 Å². The van der Waals surface area contributed by atoms with Crippen LogP contribution in [0.5, 0.6) is 0 Å². The predicted molar refractivity (Wildman–Crippen MR) is 143 cm³/mol. The van der Waals surface area contributed by atoms with Crippen molar-refractivity contribution in [3.8, 4) is 0 Å². The van der Waals surface area contributed by atoms with E-state index in [-0.39, 0.29) is 31.6 Å². The van der Waals surface area contributed by atoms with Crippen molar-refractivity contribution in [3.63, 3.8) is 0 Å². The standard InChI is InChI=1S/C29H35ClN2O6/c1-3-19(18-33)32-24-26(35)31(21-13-8-7-12-20(21)30)16-11-15-29(24)22(25(32)34)23-27(36)37-17-10-6-5-9-14-28(23,4-2)38-29/h7-9,11-15,19,22-24,33H,3-6,10,16-18H2,1-2H3/b14-9-/t19-,22-,23+,24?,28-,29-/m0/s1. The first-order chi connectivity index (χ1) is 18.3. The molecule has 1 N–H and O–H groups in total. The number of carbonyl (C=O) groups excluding carboxylic acids is 3. The number of para-hydroxylation sites is 1. The first-order valence-corrected chi connectivity index (χ1v) is 13.9. The van der Waals surface area contributed by atoms with Crippen LogP contribution in [0.3, 0.4) is 0 Å². The molecule has 1 spiro atoms. The Morgan fingerprint density at radius 3 is 2.58 bits per heavy atom. The Kier molecular flexibility index (Phi) is 7.42. The second-order valence-corrected chi connectivity index (χ2v) is 10.9. The van der Waals surface area contributed by atoms with Crippen LogP contribution >= 0.6 is 11.6 Å². The number of ether oxygens (including phenoxy) is 2. The van der Waals surface area contributed by atoms with E-state index in [1.54, 1.807) is 35.2 Å². The molecule has 38 heavy (non-hydrogen) atoms. The van der Waals surface area contributed by atoms with Gasteiger partial charge in [0.25, 0.3) is 5.91 Å². The Morgan fingerprint density at radius 2 is 1.87 bits per heavy atom. The van der Waals surface area contributed by atoms with E-state index in [0.29, 0.717) is 23.6 Å². The molecule has 1 aromatic carbocycles. The lowest BCUT2D eigenvalue weighted by molar-refractivity contribution is -0.161. The van der Waals surface area contributed by atoms with Gasteiger partial charge in [0.1, 0.15) is 23.2 Å². The lowest BCUT2D eigenvalue weighted by atomic mass is 9.73. The number of benzene rings is 1. The Hall–Kier alpha value is -2.68. The maximum atomic E-state index is 14.5. The number of rotatable bonds is 5. The van der Waals surface area contributed by atoms with E-state index in [2.05, 4.69) is 0 Å². The van der Waals surface area contributed by atoms with E-state index in [1.807, 2.05) is 32.1 Å². The van der Waals surface area contributed by atoms with Crippen molar-refractivity contribution < 1.29 is 29.0 Å². The molecule has 2 saturated heterocycles. The van der Waals surface area contributed by atoms with Gasteiger partial charge in [0.15, 0.2) is 0 Å². The number of carbonyl (C=O) groups is 3. The molecular formula is C29H35ClN2O6. The third-order valence-corrected chi connectivity index (χ3v) is 8.86. The van der Waals surface area contributed by atoms with Crippen molar-refractivity contribution >= 4 is 35.1 Å². The van der Waals surface area contributed by atoms with Gasteiger partial charge in [-0.25, -0.2) is 0 Å². The van der Waals surface area contributed by atoms with Gasteiger partial charge in [0.05, 0.1) is 35.9 Å². The lowest BCUT2D eigenvalue weighted by Gasteiger charge is -2.40.